The van der Waals surface area contributed by atoms with Gasteiger partial charge in [-0.1, -0.05) is 19.9 Å². The summed E-state index contributed by atoms with van der Waals surface area (Å²) in [6, 6.07) is 6.63. The van der Waals surface area contributed by atoms with Crippen molar-refractivity contribution >= 4 is 10.8 Å². The summed E-state index contributed by atoms with van der Waals surface area (Å²) in [5, 5.41) is 3.66. The van der Waals surface area contributed by atoms with Crippen LogP contribution in [0, 0.1) is 11.7 Å². The minimum atomic E-state index is -1.11. The Morgan fingerprint density at radius 1 is 1.42 bits per heavy atom. The first kappa shape index (κ1) is 14.7. The molecule has 1 N–H and O–H groups in total. The zero-order valence-corrected chi connectivity index (χ0v) is 12.4. The minimum absolute atomic E-state index is 0.135. The number of benzene rings is 1. The van der Waals surface area contributed by atoms with Gasteiger partial charge in [0.15, 0.2) is 0 Å². The van der Waals surface area contributed by atoms with Crippen LogP contribution in [0.5, 0.6) is 0 Å². The van der Waals surface area contributed by atoms with Gasteiger partial charge < -0.3 is 5.32 Å². The molecule has 0 saturated heterocycles. The van der Waals surface area contributed by atoms with Gasteiger partial charge in [-0.3, -0.25) is 4.21 Å². The lowest BCUT2D eigenvalue weighted by Crippen LogP contribution is -2.35. The maximum Gasteiger partial charge on any atom is 0.124 e. The fourth-order valence-electron chi connectivity index (χ4n) is 2.82. The highest BCUT2D eigenvalue weighted by molar-refractivity contribution is 7.85. The van der Waals surface area contributed by atoms with Crippen molar-refractivity contribution in [1.29, 1.82) is 0 Å². The van der Waals surface area contributed by atoms with E-state index in [1.54, 1.807) is 12.1 Å². The van der Waals surface area contributed by atoms with Crippen LogP contribution in [-0.2, 0) is 10.8 Å². The van der Waals surface area contributed by atoms with Crippen LogP contribution >= 0.6 is 0 Å². The Labute approximate surface area is 117 Å². The molecule has 0 aromatic heterocycles. The molecule has 0 radical (unpaired) electrons. The van der Waals surface area contributed by atoms with E-state index in [1.807, 2.05) is 0 Å². The van der Waals surface area contributed by atoms with Crippen molar-refractivity contribution in [3.05, 3.63) is 30.1 Å². The number of halogens is 1. The van der Waals surface area contributed by atoms with Gasteiger partial charge in [0, 0.05) is 16.2 Å². The minimum Gasteiger partial charge on any atom is -0.314 e. The molecule has 0 spiro atoms. The van der Waals surface area contributed by atoms with E-state index in [9.17, 15) is 8.60 Å². The molecule has 4 atom stereocenters. The van der Waals surface area contributed by atoms with E-state index < -0.39 is 10.8 Å². The van der Waals surface area contributed by atoms with Gasteiger partial charge >= 0.3 is 0 Å². The van der Waals surface area contributed by atoms with Crippen molar-refractivity contribution < 1.29 is 8.60 Å². The number of nitrogens with one attached hydrogen (secondary N) is 1. The zero-order chi connectivity index (χ0) is 13.8. The predicted octanol–water partition coefficient (Wildman–Crippen LogP) is 3.10. The second-order valence-electron chi connectivity index (χ2n) is 5.29. The number of hydrogen-bond acceptors (Lipinski definition) is 2. The average Bonchev–Trinajstić information content (AvgIpc) is 2.77. The van der Waals surface area contributed by atoms with E-state index in [0.717, 1.165) is 25.8 Å². The molecule has 19 heavy (non-hydrogen) atoms. The lowest BCUT2D eigenvalue weighted by atomic mass is 10.1. The SMILES string of the molecule is CCCNC1CCC(S(=O)c2cccc(F)c2)C1C. The van der Waals surface area contributed by atoms with Crippen LogP contribution < -0.4 is 5.32 Å². The Hall–Kier alpha value is -0.740. The highest BCUT2D eigenvalue weighted by Gasteiger charge is 2.36. The van der Waals surface area contributed by atoms with E-state index in [4.69, 9.17) is 0 Å². The van der Waals surface area contributed by atoms with Crippen LogP contribution in [-0.4, -0.2) is 22.0 Å². The van der Waals surface area contributed by atoms with Crippen molar-refractivity contribution in [2.24, 2.45) is 5.92 Å². The van der Waals surface area contributed by atoms with Crippen LogP contribution in [0.3, 0.4) is 0 Å². The Bertz CT molecular complexity index is 452. The third-order valence-corrected chi connectivity index (χ3v) is 5.88. The Kier molecular flexibility index (Phi) is 5.11. The highest BCUT2D eigenvalue weighted by atomic mass is 32.2. The standard InChI is InChI=1S/C15H22FNOS/c1-3-9-17-14-7-8-15(11(14)2)19(18)13-6-4-5-12(16)10-13/h4-6,10-11,14-15,17H,3,7-9H2,1-2H3. The summed E-state index contributed by atoms with van der Waals surface area (Å²) < 4.78 is 25.8. The van der Waals surface area contributed by atoms with E-state index in [2.05, 4.69) is 19.2 Å². The van der Waals surface area contributed by atoms with E-state index in [-0.39, 0.29) is 11.1 Å². The molecule has 2 rings (SSSR count). The first-order valence-electron chi connectivity index (χ1n) is 7.03. The molecule has 1 aliphatic carbocycles. The van der Waals surface area contributed by atoms with Crippen molar-refractivity contribution in [3.63, 3.8) is 0 Å². The molecular formula is C15H22FNOS. The fourth-order valence-corrected chi connectivity index (χ4v) is 4.54. The maximum absolute atomic E-state index is 13.2. The van der Waals surface area contributed by atoms with Crippen LogP contribution in [0.15, 0.2) is 29.2 Å². The summed E-state index contributed by atoms with van der Waals surface area (Å²) >= 11 is 0. The summed E-state index contributed by atoms with van der Waals surface area (Å²) in [7, 11) is -1.11. The van der Waals surface area contributed by atoms with Crippen LogP contribution in [0.25, 0.3) is 0 Å². The topological polar surface area (TPSA) is 29.1 Å². The van der Waals surface area contributed by atoms with E-state index in [1.165, 1.54) is 12.1 Å². The van der Waals surface area contributed by atoms with Gasteiger partial charge in [-0.15, -0.1) is 0 Å². The largest absolute Gasteiger partial charge is 0.314 e. The van der Waals surface area contributed by atoms with Gasteiger partial charge in [0.05, 0.1) is 10.8 Å². The van der Waals surface area contributed by atoms with Gasteiger partial charge in [0.1, 0.15) is 5.82 Å². The smallest absolute Gasteiger partial charge is 0.124 e. The molecule has 2 nitrogen and oxygen atoms in total. The fraction of sp³-hybridized carbons (Fsp3) is 0.600. The molecule has 0 heterocycles. The second-order valence-corrected chi connectivity index (χ2v) is 6.96. The molecule has 0 bridgehead atoms. The Morgan fingerprint density at radius 3 is 2.89 bits per heavy atom. The summed E-state index contributed by atoms with van der Waals surface area (Å²) in [5.41, 5.74) is 0. The van der Waals surface area contributed by atoms with Gasteiger partial charge in [0.2, 0.25) is 0 Å². The second kappa shape index (κ2) is 6.62. The van der Waals surface area contributed by atoms with E-state index >= 15 is 0 Å². The summed E-state index contributed by atoms with van der Waals surface area (Å²) in [4.78, 5) is 0.619. The molecule has 4 heteroatoms. The third-order valence-electron chi connectivity index (χ3n) is 3.94. The summed E-state index contributed by atoms with van der Waals surface area (Å²) in [5.74, 6) is 0.0628. The van der Waals surface area contributed by atoms with Crippen LogP contribution in [0.1, 0.15) is 33.1 Å². The lowest BCUT2D eigenvalue weighted by Gasteiger charge is -2.21. The first-order chi connectivity index (χ1) is 9.13. The zero-order valence-electron chi connectivity index (χ0n) is 11.6. The maximum atomic E-state index is 13.2. The third kappa shape index (κ3) is 3.42. The molecule has 4 unspecified atom stereocenters. The Morgan fingerprint density at radius 2 is 2.21 bits per heavy atom. The molecule has 0 amide bonds. The molecule has 0 aliphatic heterocycles. The molecule has 1 aliphatic rings. The lowest BCUT2D eigenvalue weighted by molar-refractivity contribution is 0.429. The van der Waals surface area contributed by atoms with Gasteiger partial charge in [-0.2, -0.15) is 0 Å². The predicted molar refractivity (Wildman–Crippen MR) is 77.1 cm³/mol. The van der Waals surface area contributed by atoms with Crippen molar-refractivity contribution in [2.75, 3.05) is 6.54 Å². The molecule has 1 fully saturated rings. The summed E-state index contributed by atoms with van der Waals surface area (Å²) in [6.45, 7) is 5.31. The Balaban J connectivity index is 2.04. The molecule has 1 aromatic carbocycles. The van der Waals surface area contributed by atoms with Crippen molar-refractivity contribution in [1.82, 2.24) is 5.32 Å². The van der Waals surface area contributed by atoms with Crippen molar-refractivity contribution in [2.45, 2.75) is 49.3 Å². The average molecular weight is 283 g/mol. The quantitative estimate of drug-likeness (QED) is 0.899. The van der Waals surface area contributed by atoms with E-state index in [0.29, 0.717) is 16.9 Å². The van der Waals surface area contributed by atoms with Crippen LogP contribution in [0.4, 0.5) is 4.39 Å². The normalized spacial score (nSPS) is 28.5. The molecule has 1 saturated carbocycles. The van der Waals surface area contributed by atoms with Crippen molar-refractivity contribution in [3.8, 4) is 0 Å². The molecule has 1 aromatic rings. The molecular weight excluding hydrogens is 261 g/mol. The van der Waals surface area contributed by atoms with Gasteiger partial charge in [0.25, 0.3) is 0 Å². The number of rotatable bonds is 5. The number of hydrogen-bond donors (Lipinski definition) is 1. The molecule has 106 valence electrons. The van der Waals surface area contributed by atoms with Crippen LogP contribution in [0.2, 0.25) is 0 Å². The van der Waals surface area contributed by atoms with Gasteiger partial charge in [-0.25, -0.2) is 4.39 Å². The monoisotopic (exact) mass is 283 g/mol. The first-order valence-corrected chi connectivity index (χ1v) is 8.24. The van der Waals surface area contributed by atoms with Gasteiger partial charge in [-0.05, 0) is 49.9 Å². The summed E-state index contributed by atoms with van der Waals surface area (Å²) in [6.07, 6.45) is 3.12. The highest BCUT2D eigenvalue weighted by Crippen LogP contribution is 2.32.